The Hall–Kier alpha value is -4.61. The van der Waals surface area contributed by atoms with E-state index in [0.29, 0.717) is 42.0 Å². The lowest BCUT2D eigenvalue weighted by atomic mass is 10.1. The number of para-hydroxylation sites is 1. The lowest BCUT2D eigenvalue weighted by molar-refractivity contribution is -0.112. The molecule has 1 heterocycles. The predicted molar refractivity (Wildman–Crippen MR) is 154 cm³/mol. The third-order valence-corrected chi connectivity index (χ3v) is 6.49. The first-order chi connectivity index (χ1) is 19.0. The second-order valence-electron chi connectivity index (χ2n) is 8.58. The summed E-state index contributed by atoms with van der Waals surface area (Å²) in [5.74, 6) is 1.40. The summed E-state index contributed by atoms with van der Waals surface area (Å²) in [7, 11) is 0. The molecule has 4 aromatic rings. The number of anilines is 1. The number of ether oxygens (including phenoxy) is 3. The van der Waals surface area contributed by atoms with Gasteiger partial charge in [-0.15, -0.1) is 11.3 Å². The normalized spacial score (nSPS) is 11.0. The van der Waals surface area contributed by atoms with Crippen LogP contribution in [0.15, 0.2) is 77.7 Å². The van der Waals surface area contributed by atoms with Crippen LogP contribution in [0.1, 0.15) is 23.6 Å². The fraction of sp³-hybridized carbons (Fsp3) is 0.194. The van der Waals surface area contributed by atoms with E-state index < -0.39 is 5.91 Å². The van der Waals surface area contributed by atoms with Crippen molar-refractivity contribution in [3.63, 3.8) is 0 Å². The number of hydrogen-bond donors (Lipinski definition) is 1. The van der Waals surface area contributed by atoms with Crippen molar-refractivity contribution in [3.05, 3.63) is 94.4 Å². The molecule has 0 unspecified atom stereocenters. The van der Waals surface area contributed by atoms with Gasteiger partial charge in [0.2, 0.25) is 0 Å². The summed E-state index contributed by atoms with van der Waals surface area (Å²) in [5.41, 5.74) is 4.44. The maximum absolute atomic E-state index is 12.8. The van der Waals surface area contributed by atoms with Gasteiger partial charge in [-0.3, -0.25) is 10.1 Å². The summed E-state index contributed by atoms with van der Waals surface area (Å²) in [6.07, 6.45) is 1.51. The van der Waals surface area contributed by atoms with E-state index in [0.717, 1.165) is 28.1 Å². The molecule has 0 aliphatic heterocycles. The highest BCUT2D eigenvalue weighted by molar-refractivity contribution is 7.14. The number of rotatable bonds is 11. The van der Waals surface area contributed by atoms with E-state index in [1.165, 1.54) is 17.4 Å². The number of benzene rings is 3. The van der Waals surface area contributed by atoms with E-state index in [1.807, 2.05) is 80.8 Å². The lowest BCUT2D eigenvalue weighted by Gasteiger charge is -2.15. The first-order valence-electron chi connectivity index (χ1n) is 12.5. The third kappa shape index (κ3) is 7.24. The molecule has 8 heteroatoms. The van der Waals surface area contributed by atoms with Crippen molar-refractivity contribution in [1.29, 1.82) is 5.26 Å². The molecule has 3 aromatic carbocycles. The van der Waals surface area contributed by atoms with Gasteiger partial charge in [-0.25, -0.2) is 4.98 Å². The largest absolute Gasteiger partial charge is 0.490 e. The van der Waals surface area contributed by atoms with Gasteiger partial charge in [-0.1, -0.05) is 54.6 Å². The zero-order valence-corrected chi connectivity index (χ0v) is 22.9. The van der Waals surface area contributed by atoms with Crippen molar-refractivity contribution >= 4 is 28.5 Å². The van der Waals surface area contributed by atoms with Crippen molar-refractivity contribution in [1.82, 2.24) is 4.98 Å². The summed E-state index contributed by atoms with van der Waals surface area (Å²) < 4.78 is 17.6. The first kappa shape index (κ1) is 27.4. The molecule has 0 saturated carbocycles. The van der Waals surface area contributed by atoms with Crippen molar-refractivity contribution in [3.8, 4) is 34.6 Å². The Balaban J connectivity index is 1.41. The highest BCUT2D eigenvalue weighted by Crippen LogP contribution is 2.30. The number of hydrogen-bond acceptors (Lipinski definition) is 7. The van der Waals surface area contributed by atoms with Crippen LogP contribution in [0.4, 0.5) is 5.13 Å². The van der Waals surface area contributed by atoms with Gasteiger partial charge in [0.1, 0.15) is 30.6 Å². The molecule has 0 aliphatic rings. The van der Waals surface area contributed by atoms with Crippen LogP contribution in [0.25, 0.3) is 17.3 Å². The molecule has 0 aliphatic carbocycles. The molecule has 0 saturated heterocycles. The number of nitriles is 1. The van der Waals surface area contributed by atoms with Crippen LogP contribution >= 0.6 is 11.3 Å². The molecule has 1 amide bonds. The number of aryl methyl sites for hydroxylation is 2. The second kappa shape index (κ2) is 13.3. The summed E-state index contributed by atoms with van der Waals surface area (Å²) in [5, 5.41) is 14.7. The van der Waals surface area contributed by atoms with Crippen LogP contribution in [-0.2, 0) is 4.79 Å². The minimum atomic E-state index is -0.534. The van der Waals surface area contributed by atoms with Crippen LogP contribution in [0, 0.1) is 25.2 Å². The van der Waals surface area contributed by atoms with Crippen LogP contribution < -0.4 is 19.5 Å². The Morgan fingerprint density at radius 3 is 2.44 bits per heavy atom. The second-order valence-corrected chi connectivity index (χ2v) is 9.44. The zero-order chi connectivity index (χ0) is 27.6. The Kier molecular flexibility index (Phi) is 9.33. The monoisotopic (exact) mass is 539 g/mol. The van der Waals surface area contributed by atoms with Crippen molar-refractivity contribution in [2.24, 2.45) is 0 Å². The fourth-order valence-electron chi connectivity index (χ4n) is 3.88. The number of thiazole rings is 1. The van der Waals surface area contributed by atoms with E-state index in [1.54, 1.807) is 18.2 Å². The van der Waals surface area contributed by atoms with E-state index in [4.69, 9.17) is 14.2 Å². The Bertz CT molecular complexity index is 1490. The molecule has 1 N–H and O–H groups in total. The van der Waals surface area contributed by atoms with Gasteiger partial charge >= 0.3 is 0 Å². The fourth-order valence-corrected chi connectivity index (χ4v) is 4.59. The van der Waals surface area contributed by atoms with Gasteiger partial charge in [-0.2, -0.15) is 5.26 Å². The first-order valence-corrected chi connectivity index (χ1v) is 13.4. The maximum atomic E-state index is 12.8. The molecular formula is C31H29N3O4S. The van der Waals surface area contributed by atoms with Gasteiger partial charge in [0, 0.05) is 10.9 Å². The highest BCUT2D eigenvalue weighted by Gasteiger charge is 2.14. The topological polar surface area (TPSA) is 93.5 Å². The summed E-state index contributed by atoms with van der Waals surface area (Å²) in [6.45, 7) is 7.03. The Morgan fingerprint density at radius 2 is 1.72 bits per heavy atom. The smallest absolute Gasteiger partial charge is 0.268 e. The van der Waals surface area contributed by atoms with Gasteiger partial charge in [0.25, 0.3) is 5.91 Å². The van der Waals surface area contributed by atoms with Crippen molar-refractivity contribution < 1.29 is 19.0 Å². The molecule has 198 valence electrons. The van der Waals surface area contributed by atoms with Gasteiger partial charge < -0.3 is 14.2 Å². The van der Waals surface area contributed by atoms with E-state index in [2.05, 4.69) is 10.3 Å². The zero-order valence-electron chi connectivity index (χ0n) is 22.1. The quantitative estimate of drug-likeness (QED) is 0.128. The summed E-state index contributed by atoms with van der Waals surface area (Å²) >= 11 is 1.30. The lowest BCUT2D eigenvalue weighted by Crippen LogP contribution is -2.13. The summed E-state index contributed by atoms with van der Waals surface area (Å²) in [6, 6.07) is 23.0. The molecule has 0 fully saturated rings. The molecule has 0 atom stereocenters. The predicted octanol–water partition coefficient (Wildman–Crippen LogP) is 6.83. The van der Waals surface area contributed by atoms with Crippen LogP contribution in [0.5, 0.6) is 17.2 Å². The van der Waals surface area contributed by atoms with Gasteiger partial charge in [0.05, 0.1) is 12.3 Å². The molecule has 1 aromatic heterocycles. The minimum Gasteiger partial charge on any atom is -0.490 e. The van der Waals surface area contributed by atoms with Crippen molar-refractivity contribution in [2.75, 3.05) is 25.1 Å². The minimum absolute atomic E-state index is 0.0513. The molecule has 39 heavy (non-hydrogen) atoms. The number of carbonyl (C=O) groups is 1. The van der Waals surface area contributed by atoms with Gasteiger partial charge in [-0.05, 0) is 55.7 Å². The molecule has 7 nitrogen and oxygen atoms in total. The van der Waals surface area contributed by atoms with Crippen molar-refractivity contribution in [2.45, 2.75) is 20.8 Å². The Labute approximate surface area is 232 Å². The van der Waals surface area contributed by atoms with E-state index in [-0.39, 0.29) is 5.57 Å². The molecule has 0 radical (unpaired) electrons. The Morgan fingerprint density at radius 1 is 0.974 bits per heavy atom. The highest BCUT2D eigenvalue weighted by atomic mass is 32.1. The molecule has 4 rings (SSSR count). The number of amides is 1. The number of aromatic nitrogens is 1. The average molecular weight is 540 g/mol. The summed E-state index contributed by atoms with van der Waals surface area (Å²) in [4.78, 5) is 17.3. The molecular weight excluding hydrogens is 510 g/mol. The van der Waals surface area contributed by atoms with E-state index >= 15 is 0 Å². The van der Waals surface area contributed by atoms with Crippen LogP contribution in [0.2, 0.25) is 0 Å². The number of carbonyl (C=O) groups excluding carboxylic acids is 1. The third-order valence-electron chi connectivity index (χ3n) is 5.73. The number of nitrogens with one attached hydrogen (secondary N) is 1. The standard InChI is InChI=1S/C31H29N3O4S/c1-4-36-28-18-23(13-14-27(28)37-15-16-38-29-21(2)9-8-10-22(29)3)17-25(19-32)30(35)34-31-33-26(20-39-31)24-11-6-5-7-12-24/h5-14,17-18,20H,4,15-16H2,1-3H3,(H,33,34,35). The van der Waals surface area contributed by atoms with E-state index in [9.17, 15) is 10.1 Å². The number of nitrogens with zero attached hydrogens (tertiary/aromatic N) is 2. The molecule has 0 bridgehead atoms. The average Bonchev–Trinajstić information content (AvgIpc) is 3.41. The maximum Gasteiger partial charge on any atom is 0.268 e. The van der Waals surface area contributed by atoms with Crippen LogP contribution in [0.3, 0.4) is 0 Å². The SMILES string of the molecule is CCOc1cc(C=C(C#N)C(=O)Nc2nc(-c3ccccc3)cs2)ccc1OCCOc1c(C)cccc1C. The molecule has 0 spiro atoms. The van der Waals surface area contributed by atoms with Crippen LogP contribution in [-0.4, -0.2) is 30.7 Å². The van der Waals surface area contributed by atoms with Gasteiger partial charge in [0.15, 0.2) is 16.6 Å².